The summed E-state index contributed by atoms with van der Waals surface area (Å²) in [5, 5.41) is 3.65. The van der Waals surface area contributed by atoms with Gasteiger partial charge in [0.2, 0.25) is 0 Å². The molecule has 0 unspecified atom stereocenters. The van der Waals surface area contributed by atoms with Crippen molar-refractivity contribution in [2.45, 2.75) is 18.7 Å². The van der Waals surface area contributed by atoms with Crippen molar-refractivity contribution >= 4 is 21.6 Å². The molecule has 0 aliphatic rings. The molecular formula is C11H12N3NaO3S. The topological polar surface area (TPSA) is 100 Å². The summed E-state index contributed by atoms with van der Waals surface area (Å²) >= 11 is 0. The van der Waals surface area contributed by atoms with E-state index >= 15 is 0 Å². The number of hydrogen-bond donors (Lipinski definition) is 1. The SMILES string of the molecule is Cc1noc([N-]S(=O)(=O)c2ccc(N)cc2)c1C.[Na+]. The number of nitrogens with zero attached hydrogens (tertiary/aromatic N) is 2. The van der Waals surface area contributed by atoms with Crippen molar-refractivity contribution in [3.63, 3.8) is 0 Å². The summed E-state index contributed by atoms with van der Waals surface area (Å²) in [6, 6.07) is 5.79. The van der Waals surface area contributed by atoms with Crippen LogP contribution in [0.2, 0.25) is 0 Å². The van der Waals surface area contributed by atoms with E-state index in [1.165, 1.54) is 24.3 Å². The summed E-state index contributed by atoms with van der Waals surface area (Å²) in [6.45, 7) is 3.41. The second-order valence-electron chi connectivity index (χ2n) is 3.83. The molecular weight excluding hydrogens is 277 g/mol. The number of benzene rings is 1. The van der Waals surface area contributed by atoms with E-state index in [0.717, 1.165) is 0 Å². The van der Waals surface area contributed by atoms with Crippen LogP contribution < -0.4 is 35.3 Å². The smallest absolute Gasteiger partial charge is 0.539 e. The van der Waals surface area contributed by atoms with Crippen molar-refractivity contribution in [1.29, 1.82) is 0 Å². The molecule has 2 aromatic rings. The second kappa shape index (κ2) is 5.96. The molecule has 0 saturated carbocycles. The summed E-state index contributed by atoms with van der Waals surface area (Å²) in [5.74, 6) is 0.00400. The third kappa shape index (κ3) is 3.50. The van der Waals surface area contributed by atoms with E-state index in [2.05, 4.69) is 9.88 Å². The predicted molar refractivity (Wildman–Crippen MR) is 67.0 cm³/mol. The number of anilines is 1. The summed E-state index contributed by atoms with van der Waals surface area (Å²) in [5.41, 5.74) is 7.20. The van der Waals surface area contributed by atoms with Crippen LogP contribution in [0.15, 0.2) is 33.7 Å². The summed E-state index contributed by atoms with van der Waals surface area (Å²) in [4.78, 5) is 0.0603. The Bertz CT molecular complexity index is 665. The van der Waals surface area contributed by atoms with Gasteiger partial charge in [-0.2, -0.15) is 0 Å². The molecule has 2 rings (SSSR count). The monoisotopic (exact) mass is 289 g/mol. The molecule has 0 aliphatic carbocycles. The molecule has 0 amide bonds. The van der Waals surface area contributed by atoms with Crippen LogP contribution in [0, 0.1) is 13.8 Å². The normalized spacial score (nSPS) is 10.8. The van der Waals surface area contributed by atoms with Gasteiger partial charge in [0.05, 0.1) is 16.5 Å². The minimum atomic E-state index is -3.80. The molecule has 19 heavy (non-hydrogen) atoms. The van der Waals surface area contributed by atoms with Gasteiger partial charge < -0.3 is 15.0 Å². The van der Waals surface area contributed by atoms with Crippen molar-refractivity contribution in [1.82, 2.24) is 5.16 Å². The molecule has 1 aromatic heterocycles. The van der Waals surface area contributed by atoms with Gasteiger partial charge in [0.15, 0.2) is 0 Å². The van der Waals surface area contributed by atoms with Crippen LogP contribution in [0.4, 0.5) is 11.6 Å². The molecule has 1 aromatic carbocycles. The Kier molecular flexibility index (Phi) is 5.03. The van der Waals surface area contributed by atoms with Gasteiger partial charge >= 0.3 is 29.6 Å². The van der Waals surface area contributed by atoms with Crippen LogP contribution >= 0.6 is 0 Å². The summed E-state index contributed by atoms with van der Waals surface area (Å²) in [6.07, 6.45) is 0. The van der Waals surface area contributed by atoms with Crippen molar-refractivity contribution in [2.24, 2.45) is 0 Å². The van der Waals surface area contributed by atoms with Crippen LogP contribution in [0.1, 0.15) is 11.3 Å². The van der Waals surface area contributed by atoms with Crippen LogP contribution in [0.3, 0.4) is 0 Å². The quantitative estimate of drug-likeness (QED) is 0.593. The number of rotatable bonds is 3. The van der Waals surface area contributed by atoms with Crippen LogP contribution in [-0.2, 0) is 10.0 Å². The minimum absolute atomic E-state index is 0. The number of aromatic nitrogens is 1. The van der Waals surface area contributed by atoms with Crippen molar-refractivity contribution < 1.29 is 42.5 Å². The maximum absolute atomic E-state index is 12.0. The first-order valence-corrected chi connectivity index (χ1v) is 6.60. The third-order valence-electron chi connectivity index (χ3n) is 2.51. The third-order valence-corrected chi connectivity index (χ3v) is 3.79. The van der Waals surface area contributed by atoms with Crippen LogP contribution in [-0.4, -0.2) is 13.6 Å². The number of aryl methyl sites for hydroxylation is 1. The van der Waals surface area contributed by atoms with Gasteiger partial charge in [-0.3, -0.25) is 0 Å². The average molecular weight is 289 g/mol. The molecule has 0 atom stereocenters. The van der Waals surface area contributed by atoms with Crippen LogP contribution in [0.5, 0.6) is 0 Å². The fraction of sp³-hybridized carbons (Fsp3) is 0.182. The number of nitrogens with two attached hydrogens (primary N) is 1. The second-order valence-corrected chi connectivity index (χ2v) is 5.44. The zero-order valence-electron chi connectivity index (χ0n) is 10.9. The van der Waals surface area contributed by atoms with Gasteiger partial charge in [-0.1, -0.05) is 5.16 Å². The van der Waals surface area contributed by atoms with Crippen LogP contribution in [0.25, 0.3) is 4.72 Å². The summed E-state index contributed by atoms with van der Waals surface area (Å²) < 4.78 is 32.4. The first kappa shape index (κ1) is 16.0. The van der Waals surface area contributed by atoms with E-state index in [4.69, 9.17) is 10.3 Å². The Balaban J connectivity index is 0.00000180. The van der Waals surface area contributed by atoms with Gasteiger partial charge in [0.1, 0.15) is 10.0 Å². The van der Waals surface area contributed by atoms with E-state index in [9.17, 15) is 8.42 Å². The van der Waals surface area contributed by atoms with E-state index < -0.39 is 10.0 Å². The fourth-order valence-electron chi connectivity index (χ4n) is 1.29. The first-order valence-electron chi connectivity index (χ1n) is 5.16. The standard InChI is InChI=1S/C11H12N3O3S.Na/c1-7-8(2)13-17-11(7)14-18(15,16)10-5-3-9(12)4-6-10;/h3-6H,12H2,1-2H3;/q-1;+1. The van der Waals surface area contributed by atoms with E-state index in [-0.39, 0.29) is 40.3 Å². The average Bonchev–Trinajstić information content (AvgIpc) is 2.61. The molecule has 1 heterocycles. The number of nitrogen functional groups attached to an aromatic ring is 1. The van der Waals surface area contributed by atoms with E-state index in [0.29, 0.717) is 16.9 Å². The zero-order chi connectivity index (χ0) is 13.3. The maximum atomic E-state index is 12.0. The molecule has 2 N–H and O–H groups in total. The van der Waals surface area contributed by atoms with E-state index in [1.807, 2.05) is 0 Å². The van der Waals surface area contributed by atoms with Crippen molar-refractivity contribution in [3.8, 4) is 0 Å². The van der Waals surface area contributed by atoms with E-state index in [1.54, 1.807) is 13.8 Å². The maximum Gasteiger partial charge on any atom is 1.00 e. The molecule has 0 fully saturated rings. The molecule has 8 heteroatoms. The molecule has 6 nitrogen and oxygen atoms in total. The van der Waals surface area contributed by atoms with Gasteiger partial charge in [0, 0.05) is 5.69 Å². The summed E-state index contributed by atoms with van der Waals surface area (Å²) in [7, 11) is -3.80. The van der Waals surface area contributed by atoms with Gasteiger partial charge in [0.25, 0.3) is 0 Å². The van der Waals surface area contributed by atoms with Gasteiger partial charge in [-0.25, -0.2) is 8.42 Å². The van der Waals surface area contributed by atoms with Gasteiger partial charge in [-0.05, 0) is 43.7 Å². The number of hydrogen-bond acceptors (Lipinski definition) is 5. The fourth-order valence-corrected chi connectivity index (χ4v) is 2.26. The Labute approximate surface area is 133 Å². The Morgan fingerprint density at radius 1 is 1.21 bits per heavy atom. The number of sulfonamides is 1. The minimum Gasteiger partial charge on any atom is -0.539 e. The Morgan fingerprint density at radius 2 is 1.79 bits per heavy atom. The Hall–Kier alpha value is -1.02. The first-order chi connectivity index (χ1) is 8.40. The largest absolute Gasteiger partial charge is 1.00 e. The molecule has 0 bridgehead atoms. The predicted octanol–water partition coefficient (Wildman–Crippen LogP) is -0.728. The molecule has 0 aliphatic heterocycles. The van der Waals surface area contributed by atoms with Crippen molar-refractivity contribution in [3.05, 3.63) is 40.2 Å². The molecule has 0 radical (unpaired) electrons. The molecule has 0 saturated heterocycles. The Morgan fingerprint density at radius 3 is 2.26 bits per heavy atom. The molecule has 0 spiro atoms. The zero-order valence-corrected chi connectivity index (χ0v) is 13.7. The van der Waals surface area contributed by atoms with Gasteiger partial charge in [-0.15, -0.1) is 0 Å². The van der Waals surface area contributed by atoms with Crippen molar-refractivity contribution in [2.75, 3.05) is 5.73 Å². The molecule has 96 valence electrons.